The van der Waals surface area contributed by atoms with Crippen LogP contribution in [0.25, 0.3) is 21.8 Å². The number of hydrogen-bond donors (Lipinski definition) is 2. The second-order valence-corrected chi connectivity index (χ2v) is 8.65. The van der Waals surface area contributed by atoms with Crippen LogP contribution in [0.1, 0.15) is 0 Å². The van der Waals surface area contributed by atoms with Crippen molar-refractivity contribution in [2.45, 2.75) is 12.6 Å². The fourth-order valence-electron chi connectivity index (χ4n) is 4.75. The second-order valence-electron chi connectivity index (χ2n) is 8.22. The van der Waals surface area contributed by atoms with Crippen LogP contribution in [0, 0.1) is 0 Å². The fraction of sp³-hybridized carbons (Fsp3) is 0.280. The SMILES string of the molecule is OC(Cn1c2ccccc2c2ccccc21)C[NH+]1CCN(c2ccc(Cl)cc2)CC1. The molecule has 1 unspecified atom stereocenters. The number of piperazine rings is 1. The molecule has 2 N–H and O–H groups in total. The van der Waals surface area contributed by atoms with Crippen LogP contribution in [0.5, 0.6) is 0 Å². The van der Waals surface area contributed by atoms with Crippen molar-refractivity contribution in [3.8, 4) is 0 Å². The molecule has 5 rings (SSSR count). The van der Waals surface area contributed by atoms with E-state index < -0.39 is 0 Å². The number of nitrogens with one attached hydrogen (secondary N) is 1. The van der Waals surface area contributed by atoms with E-state index in [1.807, 2.05) is 12.1 Å². The minimum absolute atomic E-state index is 0.374. The standard InChI is InChI=1S/C25H26ClN3O/c26-19-9-11-20(12-10-19)28-15-13-27(14-16-28)17-21(30)18-29-24-7-3-1-5-22(24)23-6-2-4-8-25(23)29/h1-12,21,30H,13-18H2/p+1. The van der Waals surface area contributed by atoms with Gasteiger partial charge < -0.3 is 19.5 Å². The third kappa shape index (κ3) is 3.79. The number of aliphatic hydroxyl groups excluding tert-OH is 1. The number of fused-ring (bicyclic) bond motifs is 3. The van der Waals surface area contributed by atoms with Gasteiger partial charge in [0.25, 0.3) is 0 Å². The monoisotopic (exact) mass is 420 g/mol. The Morgan fingerprint density at radius 3 is 2.00 bits per heavy atom. The van der Waals surface area contributed by atoms with Crippen LogP contribution in [0.2, 0.25) is 5.02 Å². The van der Waals surface area contributed by atoms with Crippen LogP contribution in [-0.4, -0.2) is 48.5 Å². The Balaban J connectivity index is 1.26. The molecule has 4 nitrogen and oxygen atoms in total. The van der Waals surface area contributed by atoms with Crippen molar-refractivity contribution >= 4 is 39.1 Å². The fourth-order valence-corrected chi connectivity index (χ4v) is 4.87. The van der Waals surface area contributed by atoms with Crippen LogP contribution in [0.3, 0.4) is 0 Å². The molecule has 1 saturated heterocycles. The van der Waals surface area contributed by atoms with E-state index in [1.54, 1.807) is 0 Å². The quantitative estimate of drug-likeness (QED) is 0.519. The summed E-state index contributed by atoms with van der Waals surface area (Å²) in [6.07, 6.45) is -0.374. The number of aromatic nitrogens is 1. The normalized spacial score (nSPS) is 16.4. The molecular weight excluding hydrogens is 394 g/mol. The lowest BCUT2D eigenvalue weighted by molar-refractivity contribution is -0.903. The molecule has 0 radical (unpaired) electrons. The van der Waals surface area contributed by atoms with Gasteiger partial charge in [0.1, 0.15) is 12.6 Å². The number of aliphatic hydroxyl groups is 1. The summed E-state index contributed by atoms with van der Waals surface area (Å²) in [5.41, 5.74) is 3.62. The Morgan fingerprint density at radius 2 is 1.40 bits per heavy atom. The van der Waals surface area contributed by atoms with Gasteiger partial charge in [-0.2, -0.15) is 0 Å². The number of benzene rings is 3. The van der Waals surface area contributed by atoms with Crippen molar-refractivity contribution in [1.82, 2.24) is 4.57 Å². The zero-order valence-corrected chi connectivity index (χ0v) is 17.7. The van der Waals surface area contributed by atoms with Crippen molar-refractivity contribution in [2.24, 2.45) is 0 Å². The lowest BCUT2D eigenvalue weighted by atomic mass is 10.2. The Hall–Kier alpha value is -2.53. The Kier molecular flexibility index (Phi) is 5.38. The number of anilines is 1. The van der Waals surface area contributed by atoms with Gasteiger partial charge in [-0.25, -0.2) is 0 Å². The van der Waals surface area contributed by atoms with E-state index in [1.165, 1.54) is 32.4 Å². The van der Waals surface area contributed by atoms with E-state index in [0.29, 0.717) is 6.54 Å². The van der Waals surface area contributed by atoms with Crippen molar-refractivity contribution < 1.29 is 10.0 Å². The van der Waals surface area contributed by atoms with Gasteiger partial charge in [-0.3, -0.25) is 0 Å². The molecule has 1 atom stereocenters. The number of para-hydroxylation sites is 2. The highest BCUT2D eigenvalue weighted by Gasteiger charge is 2.23. The van der Waals surface area contributed by atoms with Gasteiger partial charge in [-0.05, 0) is 36.4 Å². The first-order valence-corrected chi connectivity index (χ1v) is 11.0. The summed E-state index contributed by atoms with van der Waals surface area (Å²) in [4.78, 5) is 3.87. The number of rotatable bonds is 5. The Labute approximate surface area is 181 Å². The molecule has 0 aliphatic carbocycles. The minimum atomic E-state index is -0.374. The number of halogens is 1. The molecular formula is C25H27ClN3O+. The second kappa shape index (κ2) is 8.31. The lowest BCUT2D eigenvalue weighted by Crippen LogP contribution is -3.15. The molecule has 1 aliphatic rings. The molecule has 3 aromatic carbocycles. The van der Waals surface area contributed by atoms with Crippen molar-refractivity contribution in [2.75, 3.05) is 37.6 Å². The number of hydrogen-bond acceptors (Lipinski definition) is 2. The van der Waals surface area contributed by atoms with Gasteiger partial charge in [0, 0.05) is 32.5 Å². The topological polar surface area (TPSA) is 32.8 Å². The van der Waals surface area contributed by atoms with Crippen molar-refractivity contribution in [3.05, 3.63) is 77.8 Å². The van der Waals surface area contributed by atoms with Crippen LogP contribution >= 0.6 is 11.6 Å². The summed E-state index contributed by atoms with van der Waals surface area (Å²) in [5.74, 6) is 0. The molecule has 0 saturated carbocycles. The molecule has 0 spiro atoms. The molecule has 154 valence electrons. The maximum atomic E-state index is 10.9. The van der Waals surface area contributed by atoms with Crippen LogP contribution < -0.4 is 9.80 Å². The van der Waals surface area contributed by atoms with Gasteiger partial charge in [0.15, 0.2) is 0 Å². The maximum Gasteiger partial charge on any atom is 0.121 e. The van der Waals surface area contributed by atoms with Crippen molar-refractivity contribution in [3.63, 3.8) is 0 Å². The highest BCUT2D eigenvalue weighted by Crippen LogP contribution is 2.28. The van der Waals surface area contributed by atoms with E-state index in [4.69, 9.17) is 11.6 Å². The summed E-state index contributed by atoms with van der Waals surface area (Å²) < 4.78 is 2.28. The first-order chi connectivity index (χ1) is 14.7. The third-order valence-electron chi connectivity index (χ3n) is 6.26. The minimum Gasteiger partial charge on any atom is -0.385 e. The predicted molar refractivity (Wildman–Crippen MR) is 125 cm³/mol. The number of quaternary nitrogens is 1. The summed E-state index contributed by atoms with van der Waals surface area (Å²) in [6.45, 7) is 5.46. The molecule has 2 heterocycles. The van der Waals surface area contributed by atoms with Gasteiger partial charge >= 0.3 is 0 Å². The molecule has 1 fully saturated rings. The zero-order valence-electron chi connectivity index (χ0n) is 17.0. The van der Waals surface area contributed by atoms with Crippen LogP contribution in [-0.2, 0) is 6.54 Å². The number of nitrogens with zero attached hydrogens (tertiary/aromatic N) is 2. The van der Waals surface area contributed by atoms with E-state index in [0.717, 1.165) is 37.7 Å². The van der Waals surface area contributed by atoms with E-state index >= 15 is 0 Å². The highest BCUT2D eigenvalue weighted by molar-refractivity contribution is 6.30. The van der Waals surface area contributed by atoms with Gasteiger partial charge in [-0.15, -0.1) is 0 Å². The van der Waals surface area contributed by atoms with Crippen LogP contribution in [0.4, 0.5) is 5.69 Å². The summed E-state index contributed by atoms with van der Waals surface area (Å²) in [7, 11) is 0. The van der Waals surface area contributed by atoms with E-state index in [-0.39, 0.29) is 6.10 Å². The molecule has 0 amide bonds. The van der Waals surface area contributed by atoms with E-state index in [2.05, 4.69) is 70.1 Å². The average molecular weight is 421 g/mol. The van der Waals surface area contributed by atoms with Crippen molar-refractivity contribution in [1.29, 1.82) is 0 Å². The molecule has 1 aromatic heterocycles. The molecule has 30 heavy (non-hydrogen) atoms. The van der Waals surface area contributed by atoms with E-state index in [9.17, 15) is 5.11 Å². The summed E-state index contributed by atoms with van der Waals surface area (Å²) in [5, 5.41) is 14.2. The lowest BCUT2D eigenvalue weighted by Gasteiger charge is -2.34. The first-order valence-electron chi connectivity index (χ1n) is 10.7. The molecule has 1 aliphatic heterocycles. The smallest absolute Gasteiger partial charge is 0.121 e. The highest BCUT2D eigenvalue weighted by atomic mass is 35.5. The maximum absolute atomic E-state index is 10.9. The van der Waals surface area contributed by atoms with Gasteiger partial charge in [0.2, 0.25) is 0 Å². The molecule has 0 bridgehead atoms. The largest absolute Gasteiger partial charge is 0.385 e. The van der Waals surface area contributed by atoms with Crippen LogP contribution in [0.15, 0.2) is 72.8 Å². The summed E-state index contributed by atoms with van der Waals surface area (Å²) in [6, 6.07) is 25.0. The Bertz CT molecular complexity index is 1090. The molecule has 5 heteroatoms. The predicted octanol–water partition coefficient (Wildman–Crippen LogP) is 3.21. The van der Waals surface area contributed by atoms with Gasteiger partial charge in [0.05, 0.1) is 32.7 Å². The van der Waals surface area contributed by atoms with Gasteiger partial charge in [-0.1, -0.05) is 48.0 Å². The molecule has 4 aromatic rings. The zero-order chi connectivity index (χ0) is 20.5. The average Bonchev–Trinajstić information content (AvgIpc) is 3.09. The first kappa shape index (κ1) is 19.4. The summed E-state index contributed by atoms with van der Waals surface area (Å²) >= 11 is 6.01. The Morgan fingerprint density at radius 1 is 0.833 bits per heavy atom. The third-order valence-corrected chi connectivity index (χ3v) is 6.51.